The molecule has 0 saturated carbocycles. The van der Waals surface area contributed by atoms with Crippen molar-refractivity contribution >= 4 is 0 Å². The molecule has 17 heavy (non-hydrogen) atoms. The van der Waals surface area contributed by atoms with Crippen molar-refractivity contribution in [2.24, 2.45) is 5.92 Å². The summed E-state index contributed by atoms with van der Waals surface area (Å²) in [6.07, 6.45) is 0. The van der Waals surface area contributed by atoms with Crippen LogP contribution in [0.2, 0.25) is 0 Å². The van der Waals surface area contributed by atoms with Crippen LogP contribution in [-0.2, 0) is 0 Å². The molecule has 0 spiro atoms. The molecule has 0 heterocycles. The van der Waals surface area contributed by atoms with Crippen LogP contribution < -0.4 is 14.8 Å². The second-order valence-corrected chi connectivity index (χ2v) is 4.63. The Hall–Kier alpha value is -1.22. The summed E-state index contributed by atoms with van der Waals surface area (Å²) in [5.74, 6) is 2.07. The van der Waals surface area contributed by atoms with Gasteiger partial charge in [0.05, 0.1) is 13.7 Å². The molecule has 3 heteroatoms. The maximum absolute atomic E-state index is 5.76. The lowest BCUT2D eigenvalue weighted by molar-refractivity contribution is 0.242. The Kier molecular flexibility index (Phi) is 5.84. The fourth-order valence-electron chi connectivity index (χ4n) is 1.47. The molecule has 0 fully saturated rings. The van der Waals surface area contributed by atoms with E-state index in [-0.39, 0.29) is 0 Å². The van der Waals surface area contributed by atoms with Gasteiger partial charge in [-0.05, 0) is 12.1 Å². The molecular weight excluding hydrogens is 214 g/mol. The summed E-state index contributed by atoms with van der Waals surface area (Å²) in [5.41, 5.74) is 0. The molecule has 96 valence electrons. The molecule has 1 unspecified atom stereocenters. The predicted molar refractivity (Wildman–Crippen MR) is 70.8 cm³/mol. The molecule has 1 N–H and O–H groups in total. The van der Waals surface area contributed by atoms with E-state index >= 15 is 0 Å². The molecular formula is C14H23NO2. The van der Waals surface area contributed by atoms with Crippen molar-refractivity contribution in [1.29, 1.82) is 0 Å². The Balaban J connectivity index is 2.39. The van der Waals surface area contributed by atoms with E-state index in [1.807, 2.05) is 24.3 Å². The molecule has 0 bridgehead atoms. The van der Waals surface area contributed by atoms with Gasteiger partial charge in [-0.1, -0.05) is 32.9 Å². The van der Waals surface area contributed by atoms with Gasteiger partial charge in [-0.3, -0.25) is 0 Å². The number of ether oxygens (including phenoxy) is 2. The van der Waals surface area contributed by atoms with Crippen LogP contribution >= 0.6 is 0 Å². The Morgan fingerprint density at radius 1 is 1.12 bits per heavy atom. The lowest BCUT2D eigenvalue weighted by atomic mass is 10.2. The second kappa shape index (κ2) is 7.17. The smallest absolute Gasteiger partial charge is 0.161 e. The summed E-state index contributed by atoms with van der Waals surface area (Å²) < 4.78 is 11.0. The number of benzene rings is 1. The van der Waals surface area contributed by atoms with E-state index in [1.54, 1.807) is 7.11 Å². The van der Waals surface area contributed by atoms with Gasteiger partial charge in [-0.15, -0.1) is 0 Å². The largest absolute Gasteiger partial charge is 0.493 e. The summed E-state index contributed by atoms with van der Waals surface area (Å²) in [6, 6.07) is 8.25. The van der Waals surface area contributed by atoms with Crippen LogP contribution in [0.3, 0.4) is 0 Å². The zero-order valence-corrected chi connectivity index (χ0v) is 11.2. The predicted octanol–water partition coefficient (Wildman–Crippen LogP) is 2.71. The number of rotatable bonds is 7. The lowest BCUT2D eigenvalue weighted by Gasteiger charge is -2.16. The van der Waals surface area contributed by atoms with Gasteiger partial charge in [0.1, 0.15) is 0 Å². The molecule has 0 aromatic heterocycles. The highest BCUT2D eigenvalue weighted by atomic mass is 16.5. The van der Waals surface area contributed by atoms with E-state index in [0.717, 1.165) is 18.0 Å². The molecule has 0 radical (unpaired) electrons. The van der Waals surface area contributed by atoms with E-state index in [2.05, 4.69) is 26.1 Å². The van der Waals surface area contributed by atoms with Crippen LogP contribution in [-0.4, -0.2) is 26.3 Å². The normalized spacial score (nSPS) is 12.5. The fraction of sp³-hybridized carbons (Fsp3) is 0.571. The summed E-state index contributed by atoms with van der Waals surface area (Å²) in [5, 5.41) is 3.40. The molecule has 1 aromatic carbocycles. The van der Waals surface area contributed by atoms with E-state index < -0.39 is 0 Å². The highest BCUT2D eigenvalue weighted by molar-refractivity contribution is 5.39. The summed E-state index contributed by atoms with van der Waals surface area (Å²) in [4.78, 5) is 0. The van der Waals surface area contributed by atoms with E-state index in [1.165, 1.54) is 0 Å². The van der Waals surface area contributed by atoms with Crippen molar-refractivity contribution in [3.05, 3.63) is 24.3 Å². The summed E-state index contributed by atoms with van der Waals surface area (Å²) >= 11 is 0. The minimum absolute atomic E-state index is 0.474. The highest BCUT2D eigenvalue weighted by Gasteiger charge is 2.07. The third kappa shape index (κ3) is 5.09. The Morgan fingerprint density at radius 2 is 1.76 bits per heavy atom. The van der Waals surface area contributed by atoms with Crippen molar-refractivity contribution < 1.29 is 9.47 Å². The van der Waals surface area contributed by atoms with Crippen LogP contribution in [0.4, 0.5) is 0 Å². The van der Waals surface area contributed by atoms with Crippen LogP contribution in [0.25, 0.3) is 0 Å². The van der Waals surface area contributed by atoms with Gasteiger partial charge in [0.15, 0.2) is 11.5 Å². The SMILES string of the molecule is COc1ccccc1OCC(C)CNC(C)C. The Bertz CT molecular complexity index is 326. The molecule has 1 atom stereocenters. The number of methoxy groups -OCH3 is 1. The first kappa shape index (κ1) is 13.8. The first-order chi connectivity index (χ1) is 8.13. The van der Waals surface area contributed by atoms with E-state index in [9.17, 15) is 0 Å². The number of hydrogen-bond donors (Lipinski definition) is 1. The van der Waals surface area contributed by atoms with Gasteiger partial charge in [0.2, 0.25) is 0 Å². The van der Waals surface area contributed by atoms with Gasteiger partial charge < -0.3 is 14.8 Å². The Morgan fingerprint density at radius 3 is 2.35 bits per heavy atom. The standard InChI is InChI=1S/C14H23NO2/c1-11(2)15-9-12(3)10-17-14-8-6-5-7-13(14)16-4/h5-8,11-12,15H,9-10H2,1-4H3. The van der Waals surface area contributed by atoms with E-state index in [4.69, 9.17) is 9.47 Å². The number of hydrogen-bond acceptors (Lipinski definition) is 3. The minimum Gasteiger partial charge on any atom is -0.493 e. The third-order valence-electron chi connectivity index (χ3n) is 2.47. The molecule has 0 amide bonds. The third-order valence-corrected chi connectivity index (χ3v) is 2.47. The average Bonchev–Trinajstić information content (AvgIpc) is 2.34. The second-order valence-electron chi connectivity index (χ2n) is 4.63. The van der Waals surface area contributed by atoms with Crippen molar-refractivity contribution in [3.8, 4) is 11.5 Å². The monoisotopic (exact) mass is 237 g/mol. The lowest BCUT2D eigenvalue weighted by Crippen LogP contribution is -2.30. The van der Waals surface area contributed by atoms with Crippen molar-refractivity contribution in [2.75, 3.05) is 20.3 Å². The summed E-state index contributed by atoms with van der Waals surface area (Å²) in [6.45, 7) is 8.12. The van der Waals surface area contributed by atoms with Gasteiger partial charge >= 0.3 is 0 Å². The first-order valence-corrected chi connectivity index (χ1v) is 6.12. The quantitative estimate of drug-likeness (QED) is 0.791. The molecule has 0 saturated heterocycles. The van der Waals surface area contributed by atoms with Crippen molar-refractivity contribution in [1.82, 2.24) is 5.32 Å². The van der Waals surface area contributed by atoms with Gasteiger partial charge in [0, 0.05) is 18.5 Å². The molecule has 3 nitrogen and oxygen atoms in total. The number of nitrogens with one attached hydrogen (secondary N) is 1. The Labute approximate surface area is 104 Å². The molecule has 0 aliphatic rings. The van der Waals surface area contributed by atoms with Crippen LogP contribution in [0, 0.1) is 5.92 Å². The van der Waals surface area contributed by atoms with Crippen LogP contribution in [0.15, 0.2) is 24.3 Å². The first-order valence-electron chi connectivity index (χ1n) is 6.12. The number of para-hydroxylation sites is 2. The molecule has 1 rings (SSSR count). The maximum atomic E-state index is 5.76. The average molecular weight is 237 g/mol. The zero-order chi connectivity index (χ0) is 12.7. The van der Waals surface area contributed by atoms with Gasteiger partial charge in [-0.25, -0.2) is 0 Å². The molecule has 1 aromatic rings. The zero-order valence-electron chi connectivity index (χ0n) is 11.2. The van der Waals surface area contributed by atoms with Crippen molar-refractivity contribution in [3.63, 3.8) is 0 Å². The van der Waals surface area contributed by atoms with Gasteiger partial charge in [0.25, 0.3) is 0 Å². The topological polar surface area (TPSA) is 30.5 Å². The van der Waals surface area contributed by atoms with Crippen molar-refractivity contribution in [2.45, 2.75) is 26.8 Å². The molecule has 0 aliphatic carbocycles. The summed E-state index contributed by atoms with van der Waals surface area (Å²) in [7, 11) is 1.66. The van der Waals surface area contributed by atoms with Crippen LogP contribution in [0.5, 0.6) is 11.5 Å². The maximum Gasteiger partial charge on any atom is 0.161 e. The highest BCUT2D eigenvalue weighted by Crippen LogP contribution is 2.26. The fourth-order valence-corrected chi connectivity index (χ4v) is 1.47. The van der Waals surface area contributed by atoms with E-state index in [0.29, 0.717) is 18.6 Å². The minimum atomic E-state index is 0.474. The van der Waals surface area contributed by atoms with Gasteiger partial charge in [-0.2, -0.15) is 0 Å². The molecule has 0 aliphatic heterocycles. The van der Waals surface area contributed by atoms with Crippen LogP contribution in [0.1, 0.15) is 20.8 Å².